The van der Waals surface area contributed by atoms with Crippen LogP contribution >= 0.6 is 0 Å². The summed E-state index contributed by atoms with van der Waals surface area (Å²) in [6.07, 6.45) is 9.93. The SMILES string of the molecule is CCc1cc(C23CC2CN(CC[C@H]2CC[C@H](NC(=O)c4cccc5nn(C)cc45)CC2)C3)no1. The molecule has 3 fully saturated rings. The molecule has 34 heavy (non-hydrogen) atoms. The number of nitrogens with zero attached hydrogens (tertiary/aromatic N) is 4. The fraction of sp³-hybridized carbons (Fsp3) is 0.593. The monoisotopic (exact) mass is 461 g/mol. The molecule has 180 valence electrons. The number of fused-ring (bicyclic) bond motifs is 2. The van der Waals surface area contributed by atoms with E-state index >= 15 is 0 Å². The number of amides is 1. The number of piperidine rings is 1. The highest BCUT2D eigenvalue weighted by Crippen LogP contribution is 2.58. The summed E-state index contributed by atoms with van der Waals surface area (Å²) in [6, 6.07) is 8.24. The Bertz CT molecular complexity index is 1190. The van der Waals surface area contributed by atoms with E-state index < -0.39 is 0 Å². The minimum atomic E-state index is 0.0303. The standard InChI is InChI=1S/C27H35N5O2/c1-3-21-13-25(30-34-21)27-14-19(27)15-32(17-27)12-11-18-7-9-20(10-8-18)28-26(33)22-5-4-6-24-23(22)16-31(2)29-24/h4-6,13,16,18-20H,3,7-12,14-15,17H2,1-2H3,(H,28,33)/t18-,19?,20-,27?. The molecule has 1 saturated heterocycles. The molecular weight excluding hydrogens is 426 g/mol. The topological polar surface area (TPSA) is 76.2 Å². The lowest BCUT2D eigenvalue weighted by Gasteiger charge is -2.30. The van der Waals surface area contributed by atoms with E-state index in [1.54, 1.807) is 4.68 Å². The summed E-state index contributed by atoms with van der Waals surface area (Å²) in [6.45, 7) is 5.65. The number of nitrogens with one attached hydrogen (secondary N) is 1. The first-order valence-corrected chi connectivity index (χ1v) is 13.0. The Hall–Kier alpha value is -2.67. The predicted molar refractivity (Wildman–Crippen MR) is 131 cm³/mol. The zero-order chi connectivity index (χ0) is 23.3. The molecule has 3 heterocycles. The Morgan fingerprint density at radius 2 is 2.12 bits per heavy atom. The van der Waals surface area contributed by atoms with Crippen LogP contribution < -0.4 is 5.32 Å². The fourth-order valence-electron chi connectivity index (χ4n) is 6.45. The van der Waals surface area contributed by atoms with Crippen LogP contribution in [0.2, 0.25) is 0 Å². The Morgan fingerprint density at radius 3 is 2.91 bits per heavy atom. The van der Waals surface area contributed by atoms with Gasteiger partial charge in [-0.3, -0.25) is 9.48 Å². The van der Waals surface area contributed by atoms with Gasteiger partial charge in [-0.15, -0.1) is 0 Å². The molecular formula is C27H35N5O2. The van der Waals surface area contributed by atoms with Gasteiger partial charge in [-0.05, 0) is 69.0 Å². The van der Waals surface area contributed by atoms with Gasteiger partial charge in [0.15, 0.2) is 0 Å². The summed E-state index contributed by atoms with van der Waals surface area (Å²) >= 11 is 0. The number of benzene rings is 1. The summed E-state index contributed by atoms with van der Waals surface area (Å²) in [5, 5.41) is 13.0. The van der Waals surface area contributed by atoms with Crippen LogP contribution in [0.15, 0.2) is 35.0 Å². The number of aryl methyl sites for hydroxylation is 2. The van der Waals surface area contributed by atoms with Crippen molar-refractivity contribution in [1.29, 1.82) is 0 Å². The van der Waals surface area contributed by atoms with Gasteiger partial charge in [-0.1, -0.05) is 18.1 Å². The van der Waals surface area contributed by atoms with Crippen LogP contribution in [-0.2, 0) is 18.9 Å². The van der Waals surface area contributed by atoms with Crippen molar-refractivity contribution >= 4 is 16.8 Å². The van der Waals surface area contributed by atoms with Gasteiger partial charge in [0.2, 0.25) is 0 Å². The molecule has 7 heteroatoms. The maximum atomic E-state index is 13.0. The molecule has 1 aliphatic heterocycles. The number of carbonyl (C=O) groups is 1. The summed E-state index contributed by atoms with van der Waals surface area (Å²) in [4.78, 5) is 15.6. The van der Waals surface area contributed by atoms with Crippen molar-refractivity contribution in [2.45, 2.75) is 63.3 Å². The lowest BCUT2D eigenvalue weighted by Crippen LogP contribution is -2.38. The minimum absolute atomic E-state index is 0.0303. The number of carbonyl (C=O) groups excluding carboxylic acids is 1. The van der Waals surface area contributed by atoms with Crippen molar-refractivity contribution in [1.82, 2.24) is 25.2 Å². The maximum Gasteiger partial charge on any atom is 0.252 e. The Kier molecular flexibility index (Phi) is 5.47. The molecule has 2 atom stereocenters. The molecule has 0 radical (unpaired) electrons. The summed E-state index contributed by atoms with van der Waals surface area (Å²) in [5.41, 5.74) is 3.06. The van der Waals surface area contributed by atoms with Crippen LogP contribution in [0.25, 0.3) is 10.9 Å². The Labute approximate surface area is 200 Å². The smallest absolute Gasteiger partial charge is 0.252 e. The maximum absolute atomic E-state index is 13.0. The molecule has 2 unspecified atom stereocenters. The Balaban J connectivity index is 0.971. The van der Waals surface area contributed by atoms with Crippen LogP contribution in [0.3, 0.4) is 0 Å². The molecule has 2 saturated carbocycles. The molecule has 3 aliphatic rings. The molecule has 7 nitrogen and oxygen atoms in total. The van der Waals surface area contributed by atoms with Gasteiger partial charge >= 0.3 is 0 Å². The van der Waals surface area contributed by atoms with Crippen LogP contribution in [0.1, 0.15) is 67.3 Å². The number of likely N-dealkylation sites (tertiary alicyclic amines) is 1. The van der Waals surface area contributed by atoms with E-state index in [1.165, 1.54) is 44.5 Å². The molecule has 3 aromatic rings. The average molecular weight is 462 g/mol. The highest BCUT2D eigenvalue weighted by Gasteiger charge is 2.62. The minimum Gasteiger partial charge on any atom is -0.361 e. The molecule has 1 amide bonds. The van der Waals surface area contributed by atoms with Crippen LogP contribution in [0.5, 0.6) is 0 Å². The van der Waals surface area contributed by atoms with Crippen molar-refractivity contribution in [3.63, 3.8) is 0 Å². The Morgan fingerprint density at radius 1 is 1.26 bits per heavy atom. The van der Waals surface area contributed by atoms with Crippen molar-refractivity contribution in [2.75, 3.05) is 19.6 Å². The van der Waals surface area contributed by atoms with Gasteiger partial charge < -0.3 is 14.7 Å². The fourth-order valence-corrected chi connectivity index (χ4v) is 6.45. The van der Waals surface area contributed by atoms with Gasteiger partial charge in [0.1, 0.15) is 5.76 Å². The highest BCUT2D eigenvalue weighted by atomic mass is 16.5. The summed E-state index contributed by atoms with van der Waals surface area (Å²) in [5.74, 6) is 2.57. The first kappa shape index (κ1) is 21.8. The summed E-state index contributed by atoms with van der Waals surface area (Å²) < 4.78 is 7.26. The van der Waals surface area contributed by atoms with Gasteiger partial charge in [0.25, 0.3) is 5.91 Å². The molecule has 1 N–H and O–H groups in total. The van der Waals surface area contributed by atoms with Crippen LogP contribution in [-0.4, -0.2) is 51.4 Å². The lowest BCUT2D eigenvalue weighted by molar-refractivity contribution is 0.0921. The molecule has 0 spiro atoms. The summed E-state index contributed by atoms with van der Waals surface area (Å²) in [7, 11) is 1.89. The number of hydrogen-bond acceptors (Lipinski definition) is 5. The van der Waals surface area contributed by atoms with Crippen molar-refractivity contribution in [3.05, 3.63) is 47.5 Å². The second-order valence-electron chi connectivity index (χ2n) is 10.8. The van der Waals surface area contributed by atoms with Crippen LogP contribution in [0, 0.1) is 11.8 Å². The van der Waals surface area contributed by atoms with Gasteiger partial charge in [-0.2, -0.15) is 5.10 Å². The third-order valence-corrected chi connectivity index (χ3v) is 8.58. The molecule has 2 aromatic heterocycles. The van der Waals surface area contributed by atoms with Crippen molar-refractivity contribution in [2.24, 2.45) is 18.9 Å². The third kappa shape index (κ3) is 3.94. The first-order valence-electron chi connectivity index (χ1n) is 13.0. The highest BCUT2D eigenvalue weighted by molar-refractivity contribution is 6.06. The second-order valence-corrected chi connectivity index (χ2v) is 10.8. The zero-order valence-corrected chi connectivity index (χ0v) is 20.3. The normalized spacial score (nSPS) is 28.8. The van der Waals surface area contributed by atoms with E-state index in [4.69, 9.17) is 4.52 Å². The van der Waals surface area contributed by atoms with Gasteiger partial charge in [-0.25, -0.2) is 0 Å². The van der Waals surface area contributed by atoms with Crippen molar-refractivity contribution < 1.29 is 9.32 Å². The molecule has 6 rings (SSSR count). The predicted octanol–water partition coefficient (Wildman–Crippen LogP) is 4.08. The van der Waals surface area contributed by atoms with Crippen LogP contribution in [0.4, 0.5) is 0 Å². The van der Waals surface area contributed by atoms with E-state index in [-0.39, 0.29) is 17.4 Å². The lowest BCUT2D eigenvalue weighted by atomic mass is 9.84. The third-order valence-electron chi connectivity index (χ3n) is 8.58. The second kappa shape index (κ2) is 8.52. The van der Waals surface area contributed by atoms with E-state index in [1.807, 2.05) is 31.4 Å². The number of rotatable bonds is 7. The van der Waals surface area contributed by atoms with Gasteiger partial charge in [0, 0.05) is 55.7 Å². The number of hydrogen-bond donors (Lipinski definition) is 1. The quantitative estimate of drug-likeness (QED) is 0.574. The number of aromatic nitrogens is 3. The first-order chi connectivity index (χ1) is 16.5. The van der Waals surface area contributed by atoms with E-state index in [0.717, 1.165) is 59.9 Å². The molecule has 2 aliphatic carbocycles. The zero-order valence-electron chi connectivity index (χ0n) is 20.3. The average Bonchev–Trinajstić information content (AvgIpc) is 3.23. The molecule has 1 aromatic carbocycles. The van der Waals surface area contributed by atoms with E-state index in [0.29, 0.717) is 0 Å². The largest absolute Gasteiger partial charge is 0.361 e. The van der Waals surface area contributed by atoms with E-state index in [9.17, 15) is 4.79 Å². The van der Waals surface area contributed by atoms with Crippen molar-refractivity contribution in [3.8, 4) is 0 Å². The molecule has 0 bridgehead atoms. The van der Waals surface area contributed by atoms with Gasteiger partial charge in [0.05, 0.1) is 16.8 Å². The van der Waals surface area contributed by atoms with E-state index in [2.05, 4.69) is 33.5 Å².